The summed E-state index contributed by atoms with van der Waals surface area (Å²) in [5.41, 5.74) is 1.11. The van der Waals surface area contributed by atoms with Gasteiger partial charge in [-0.2, -0.15) is 10.2 Å². The lowest BCUT2D eigenvalue weighted by molar-refractivity contribution is 0.601. The lowest BCUT2D eigenvalue weighted by Gasteiger charge is -2.06. The van der Waals surface area contributed by atoms with Gasteiger partial charge in [-0.1, -0.05) is 12.1 Å². The highest BCUT2D eigenvalue weighted by Gasteiger charge is 2.17. The van der Waals surface area contributed by atoms with Gasteiger partial charge in [0.05, 0.1) is 23.6 Å². The molecule has 98 valence electrons. The number of sulfonamides is 1. The van der Waals surface area contributed by atoms with Gasteiger partial charge >= 0.3 is 0 Å². The highest BCUT2D eigenvalue weighted by atomic mass is 32.2. The molecule has 0 aliphatic carbocycles. The van der Waals surface area contributed by atoms with Gasteiger partial charge in [0, 0.05) is 18.6 Å². The van der Waals surface area contributed by atoms with Crippen LogP contribution in [0.1, 0.15) is 0 Å². The molecule has 0 fully saturated rings. The molecule has 3 rings (SSSR count). The fourth-order valence-electron chi connectivity index (χ4n) is 1.80. The Kier molecular flexibility index (Phi) is 2.53. The van der Waals surface area contributed by atoms with E-state index in [0.717, 1.165) is 5.39 Å². The molecule has 0 atom stereocenters. The fraction of sp³-hybridized carbons (Fsp3) is 0.0909. The second-order valence-corrected chi connectivity index (χ2v) is 5.78. The third-order valence-corrected chi connectivity index (χ3v) is 4.03. The molecule has 2 heterocycles. The molecule has 2 N–H and O–H groups in total. The molecule has 0 saturated heterocycles. The lowest BCUT2D eigenvalue weighted by Crippen LogP contribution is -2.12. The first kappa shape index (κ1) is 11.7. The number of benzene rings is 1. The minimum atomic E-state index is -3.64. The van der Waals surface area contributed by atoms with Gasteiger partial charge in [0.2, 0.25) is 0 Å². The molecule has 0 radical (unpaired) electrons. The highest BCUT2D eigenvalue weighted by Crippen LogP contribution is 2.23. The quantitative estimate of drug-likeness (QED) is 0.749. The molecule has 8 heteroatoms. The molecule has 2 aromatic heterocycles. The molecule has 0 saturated carbocycles. The molecule has 0 aliphatic heterocycles. The number of anilines is 1. The van der Waals surface area contributed by atoms with Crippen LogP contribution in [0.2, 0.25) is 0 Å². The van der Waals surface area contributed by atoms with Crippen LogP contribution in [-0.4, -0.2) is 28.4 Å². The van der Waals surface area contributed by atoms with E-state index in [4.69, 9.17) is 0 Å². The average Bonchev–Trinajstić information content (AvgIpc) is 2.97. The maximum Gasteiger partial charge on any atom is 0.265 e. The molecular formula is C11H11N5O2S. The number of nitrogens with zero attached hydrogens (tertiary/aromatic N) is 3. The molecule has 0 spiro atoms. The van der Waals surface area contributed by atoms with E-state index >= 15 is 0 Å². The Morgan fingerprint density at radius 2 is 2.16 bits per heavy atom. The van der Waals surface area contributed by atoms with Gasteiger partial charge in [0.15, 0.2) is 0 Å². The zero-order valence-electron chi connectivity index (χ0n) is 10.0. The Hall–Kier alpha value is -2.35. The second-order valence-electron chi connectivity index (χ2n) is 4.10. The topological polar surface area (TPSA) is 92.7 Å². The van der Waals surface area contributed by atoms with E-state index in [2.05, 4.69) is 20.0 Å². The van der Waals surface area contributed by atoms with E-state index in [0.29, 0.717) is 11.2 Å². The molecule has 0 aliphatic rings. The summed E-state index contributed by atoms with van der Waals surface area (Å²) in [6.45, 7) is 0. The predicted molar refractivity (Wildman–Crippen MR) is 70.1 cm³/mol. The van der Waals surface area contributed by atoms with E-state index in [-0.39, 0.29) is 4.90 Å². The van der Waals surface area contributed by atoms with Crippen LogP contribution in [0.25, 0.3) is 10.9 Å². The minimum Gasteiger partial charge on any atom is -0.277 e. The zero-order valence-corrected chi connectivity index (χ0v) is 10.8. The van der Waals surface area contributed by atoms with Gasteiger partial charge < -0.3 is 0 Å². The van der Waals surface area contributed by atoms with Crippen LogP contribution < -0.4 is 4.72 Å². The monoisotopic (exact) mass is 277 g/mol. The van der Waals surface area contributed by atoms with Crippen LogP contribution in [0.3, 0.4) is 0 Å². The Balaban J connectivity index is 2.03. The van der Waals surface area contributed by atoms with Crippen molar-refractivity contribution in [3.05, 3.63) is 36.8 Å². The smallest absolute Gasteiger partial charge is 0.265 e. The SMILES string of the molecule is Cn1cc(S(=O)(=O)Nc2cccc3cn[nH]c23)cn1. The highest BCUT2D eigenvalue weighted by molar-refractivity contribution is 7.92. The Morgan fingerprint density at radius 3 is 2.89 bits per heavy atom. The van der Waals surface area contributed by atoms with Crippen LogP contribution in [0, 0.1) is 0 Å². The fourth-order valence-corrected chi connectivity index (χ4v) is 2.85. The summed E-state index contributed by atoms with van der Waals surface area (Å²) >= 11 is 0. The number of H-pyrrole nitrogens is 1. The van der Waals surface area contributed by atoms with Gasteiger partial charge in [-0.3, -0.25) is 14.5 Å². The molecule has 7 nitrogen and oxygen atoms in total. The number of para-hydroxylation sites is 1. The number of hydrogen-bond acceptors (Lipinski definition) is 4. The van der Waals surface area contributed by atoms with E-state index in [1.807, 2.05) is 6.07 Å². The van der Waals surface area contributed by atoms with Crippen molar-refractivity contribution in [2.75, 3.05) is 4.72 Å². The molecule has 1 aromatic carbocycles. The van der Waals surface area contributed by atoms with Crippen molar-refractivity contribution in [3.8, 4) is 0 Å². The number of fused-ring (bicyclic) bond motifs is 1. The van der Waals surface area contributed by atoms with Crippen LogP contribution in [0.15, 0.2) is 41.7 Å². The van der Waals surface area contributed by atoms with Crippen molar-refractivity contribution < 1.29 is 8.42 Å². The minimum absolute atomic E-state index is 0.117. The first-order chi connectivity index (χ1) is 9.06. The average molecular weight is 277 g/mol. The first-order valence-corrected chi connectivity index (χ1v) is 6.98. The first-order valence-electron chi connectivity index (χ1n) is 5.50. The van der Waals surface area contributed by atoms with Gasteiger partial charge in [-0.25, -0.2) is 8.42 Å². The number of aromatic nitrogens is 4. The second kappa shape index (κ2) is 4.09. The van der Waals surface area contributed by atoms with Crippen LogP contribution >= 0.6 is 0 Å². The van der Waals surface area contributed by atoms with Crippen LogP contribution in [0.4, 0.5) is 5.69 Å². The summed E-state index contributed by atoms with van der Waals surface area (Å²) in [7, 11) is -1.98. The molecule has 3 aromatic rings. The van der Waals surface area contributed by atoms with E-state index in [9.17, 15) is 8.42 Å². The van der Waals surface area contributed by atoms with Gasteiger partial charge in [-0.15, -0.1) is 0 Å². The molecule has 0 amide bonds. The summed E-state index contributed by atoms with van der Waals surface area (Å²) in [6, 6.07) is 5.29. The number of nitrogens with one attached hydrogen (secondary N) is 2. The predicted octanol–water partition coefficient (Wildman–Crippen LogP) is 1.10. The Morgan fingerprint density at radius 1 is 1.32 bits per heavy atom. The van der Waals surface area contributed by atoms with Crippen molar-refractivity contribution in [1.29, 1.82) is 0 Å². The summed E-state index contributed by atoms with van der Waals surface area (Å²) in [5.74, 6) is 0. The van der Waals surface area contributed by atoms with Crippen molar-refractivity contribution >= 4 is 26.6 Å². The van der Waals surface area contributed by atoms with Crippen LogP contribution in [-0.2, 0) is 17.1 Å². The number of hydrogen-bond donors (Lipinski definition) is 2. The summed E-state index contributed by atoms with van der Waals surface area (Å²) in [5, 5.41) is 11.4. The maximum atomic E-state index is 12.2. The Bertz CT molecular complexity index is 834. The van der Waals surface area contributed by atoms with Gasteiger partial charge in [-0.05, 0) is 6.07 Å². The maximum absolute atomic E-state index is 12.2. The summed E-state index contributed by atoms with van der Waals surface area (Å²) in [6.07, 6.45) is 4.38. The molecular weight excluding hydrogens is 266 g/mol. The van der Waals surface area contributed by atoms with Crippen molar-refractivity contribution in [2.45, 2.75) is 4.90 Å². The Labute approximate surface area is 109 Å². The molecule has 19 heavy (non-hydrogen) atoms. The normalized spacial score (nSPS) is 11.8. The van der Waals surface area contributed by atoms with Crippen molar-refractivity contribution in [2.24, 2.45) is 7.05 Å². The van der Waals surface area contributed by atoms with E-state index in [1.165, 1.54) is 17.1 Å². The van der Waals surface area contributed by atoms with E-state index < -0.39 is 10.0 Å². The number of aryl methyl sites for hydroxylation is 1. The number of aromatic amines is 1. The summed E-state index contributed by atoms with van der Waals surface area (Å²) < 4.78 is 28.3. The van der Waals surface area contributed by atoms with Gasteiger partial charge in [0.1, 0.15) is 4.90 Å². The lowest BCUT2D eigenvalue weighted by atomic mass is 10.2. The summed E-state index contributed by atoms with van der Waals surface area (Å²) in [4.78, 5) is 0.117. The molecule has 0 bridgehead atoms. The van der Waals surface area contributed by atoms with Crippen molar-refractivity contribution in [3.63, 3.8) is 0 Å². The van der Waals surface area contributed by atoms with Gasteiger partial charge in [0.25, 0.3) is 10.0 Å². The number of rotatable bonds is 3. The standard InChI is InChI=1S/C11H11N5O2S/c1-16-7-9(6-13-16)19(17,18)15-10-4-2-3-8-5-12-14-11(8)10/h2-7,15H,1H3,(H,12,14). The zero-order chi connectivity index (χ0) is 13.5. The third-order valence-electron chi connectivity index (χ3n) is 2.71. The van der Waals surface area contributed by atoms with E-state index in [1.54, 1.807) is 25.4 Å². The largest absolute Gasteiger partial charge is 0.277 e. The molecule has 0 unspecified atom stereocenters. The van der Waals surface area contributed by atoms with Crippen molar-refractivity contribution in [1.82, 2.24) is 20.0 Å². The van der Waals surface area contributed by atoms with Crippen LogP contribution in [0.5, 0.6) is 0 Å². The third kappa shape index (κ3) is 2.06.